The van der Waals surface area contributed by atoms with Crippen LogP contribution in [-0.4, -0.2) is 30.5 Å². The van der Waals surface area contributed by atoms with Crippen molar-refractivity contribution in [1.29, 1.82) is 0 Å². The van der Waals surface area contributed by atoms with Gasteiger partial charge >= 0.3 is 0 Å². The van der Waals surface area contributed by atoms with Crippen molar-refractivity contribution in [2.75, 3.05) is 5.32 Å². The molecule has 0 aliphatic carbocycles. The second-order valence-electron chi connectivity index (χ2n) is 6.84. The summed E-state index contributed by atoms with van der Waals surface area (Å²) in [4.78, 5) is 12.5. The van der Waals surface area contributed by atoms with Crippen LogP contribution in [0.5, 0.6) is 0 Å². The van der Waals surface area contributed by atoms with Crippen LogP contribution in [0.2, 0.25) is 5.02 Å². The number of carbonyl (C=O) groups excluding carboxylic acids is 1. The number of halogens is 1. The number of nitrogens with one attached hydrogen (secondary N) is 2. The predicted octanol–water partition coefficient (Wildman–Crippen LogP) is 3.85. The first-order valence-corrected chi connectivity index (χ1v) is 8.79. The number of H-pyrrole nitrogens is 1. The molecule has 0 saturated heterocycles. The van der Waals surface area contributed by atoms with Crippen molar-refractivity contribution in [3.8, 4) is 11.4 Å². The Balaban J connectivity index is 1.78. The zero-order valence-electron chi connectivity index (χ0n) is 14.7. The second-order valence-corrected chi connectivity index (χ2v) is 7.66. The van der Waals surface area contributed by atoms with Crippen LogP contribution < -0.4 is 5.32 Å². The summed E-state index contributed by atoms with van der Waals surface area (Å²) < 4.78 is 3.81. The zero-order valence-corrected chi connectivity index (χ0v) is 16.2. The third-order valence-electron chi connectivity index (χ3n) is 3.72. The van der Waals surface area contributed by atoms with Crippen molar-refractivity contribution in [1.82, 2.24) is 24.5 Å². The van der Waals surface area contributed by atoms with Gasteiger partial charge in [-0.05, 0) is 57.3 Å². The van der Waals surface area contributed by atoms with Crippen LogP contribution >= 0.6 is 23.8 Å². The Labute approximate surface area is 161 Å². The summed E-state index contributed by atoms with van der Waals surface area (Å²) in [6.45, 7) is 6.15. The number of benzene rings is 1. The van der Waals surface area contributed by atoms with E-state index in [-0.39, 0.29) is 18.0 Å². The van der Waals surface area contributed by atoms with Crippen LogP contribution in [0.15, 0.2) is 36.7 Å². The SMILES string of the molecule is CC(C)(C)n1cc(NC(=O)Cn2c(-c3ccc(Cl)cc3)n[nH]c2=S)cn1. The van der Waals surface area contributed by atoms with E-state index in [1.807, 2.05) is 32.9 Å². The highest BCUT2D eigenvalue weighted by molar-refractivity contribution is 7.71. The Bertz CT molecular complexity index is 980. The van der Waals surface area contributed by atoms with Gasteiger partial charge in [0.25, 0.3) is 0 Å². The summed E-state index contributed by atoms with van der Waals surface area (Å²) in [6.07, 6.45) is 3.42. The lowest BCUT2D eigenvalue weighted by molar-refractivity contribution is -0.116. The minimum atomic E-state index is -0.217. The molecule has 2 heterocycles. The molecule has 7 nitrogen and oxygen atoms in total. The minimum absolute atomic E-state index is 0.0357. The van der Waals surface area contributed by atoms with Crippen LogP contribution in [0.1, 0.15) is 20.8 Å². The first-order valence-electron chi connectivity index (χ1n) is 8.00. The van der Waals surface area contributed by atoms with Gasteiger partial charge in [-0.3, -0.25) is 19.1 Å². The normalized spacial score (nSPS) is 11.5. The molecular formula is C17H19ClN6OS. The molecule has 0 radical (unpaired) electrons. The summed E-state index contributed by atoms with van der Waals surface area (Å²) >= 11 is 11.2. The van der Waals surface area contributed by atoms with Crippen LogP contribution in [0, 0.1) is 4.77 Å². The highest BCUT2D eigenvalue weighted by Gasteiger charge is 2.16. The lowest BCUT2D eigenvalue weighted by Gasteiger charge is -2.18. The van der Waals surface area contributed by atoms with E-state index in [2.05, 4.69) is 20.6 Å². The molecule has 3 aromatic rings. The lowest BCUT2D eigenvalue weighted by Crippen LogP contribution is -2.22. The van der Waals surface area contributed by atoms with Gasteiger partial charge in [0.2, 0.25) is 5.91 Å². The molecule has 3 rings (SSSR count). The molecule has 1 amide bonds. The molecule has 0 aliphatic heterocycles. The number of amides is 1. The molecule has 0 unspecified atom stereocenters. The molecule has 2 aromatic heterocycles. The average Bonchev–Trinajstić information content (AvgIpc) is 3.16. The third-order valence-corrected chi connectivity index (χ3v) is 4.28. The molecular weight excluding hydrogens is 372 g/mol. The van der Waals surface area contributed by atoms with Gasteiger partial charge in [-0.1, -0.05) is 11.6 Å². The number of carbonyl (C=O) groups is 1. The predicted molar refractivity (Wildman–Crippen MR) is 104 cm³/mol. The summed E-state index contributed by atoms with van der Waals surface area (Å²) in [5.74, 6) is 0.360. The fraction of sp³-hybridized carbons (Fsp3) is 0.294. The van der Waals surface area contributed by atoms with Crippen molar-refractivity contribution < 1.29 is 4.79 Å². The number of rotatable bonds is 4. The molecule has 0 aliphatic rings. The van der Waals surface area contributed by atoms with Gasteiger partial charge in [-0.2, -0.15) is 10.2 Å². The van der Waals surface area contributed by atoms with Crippen molar-refractivity contribution >= 4 is 35.4 Å². The number of hydrogen-bond donors (Lipinski definition) is 2. The largest absolute Gasteiger partial charge is 0.322 e. The molecule has 9 heteroatoms. The highest BCUT2D eigenvalue weighted by atomic mass is 35.5. The van der Waals surface area contributed by atoms with E-state index < -0.39 is 0 Å². The van der Waals surface area contributed by atoms with E-state index >= 15 is 0 Å². The fourth-order valence-electron chi connectivity index (χ4n) is 2.38. The summed E-state index contributed by atoms with van der Waals surface area (Å²) in [5.41, 5.74) is 1.29. The third kappa shape index (κ3) is 4.03. The number of nitrogens with zero attached hydrogens (tertiary/aromatic N) is 4. The maximum absolute atomic E-state index is 12.5. The van der Waals surface area contributed by atoms with Crippen LogP contribution in [0.25, 0.3) is 11.4 Å². The first-order chi connectivity index (χ1) is 12.2. The van der Waals surface area contributed by atoms with Gasteiger partial charge in [0.1, 0.15) is 6.54 Å². The topological polar surface area (TPSA) is 80.5 Å². The van der Waals surface area contributed by atoms with E-state index in [9.17, 15) is 4.79 Å². The van der Waals surface area contributed by atoms with E-state index in [0.29, 0.717) is 21.3 Å². The van der Waals surface area contributed by atoms with Crippen molar-refractivity contribution in [3.63, 3.8) is 0 Å². The lowest BCUT2D eigenvalue weighted by atomic mass is 10.1. The van der Waals surface area contributed by atoms with Gasteiger partial charge in [-0.25, -0.2) is 0 Å². The van der Waals surface area contributed by atoms with Gasteiger partial charge in [-0.15, -0.1) is 0 Å². The highest BCUT2D eigenvalue weighted by Crippen LogP contribution is 2.20. The maximum Gasteiger partial charge on any atom is 0.244 e. The van der Waals surface area contributed by atoms with Crippen molar-refractivity contribution in [3.05, 3.63) is 46.5 Å². The molecule has 0 fully saturated rings. The molecule has 0 saturated carbocycles. The smallest absolute Gasteiger partial charge is 0.244 e. The Kier molecular flexibility index (Phi) is 4.97. The summed E-state index contributed by atoms with van der Waals surface area (Å²) in [5, 5.41) is 14.7. The van der Waals surface area contributed by atoms with Crippen LogP contribution in [0.4, 0.5) is 5.69 Å². The Morgan fingerprint density at radius 1 is 1.31 bits per heavy atom. The molecule has 0 atom stereocenters. The monoisotopic (exact) mass is 390 g/mol. The first kappa shape index (κ1) is 18.3. The van der Waals surface area contributed by atoms with Crippen LogP contribution in [0.3, 0.4) is 0 Å². The molecule has 26 heavy (non-hydrogen) atoms. The standard InChI is InChI=1S/C17H19ClN6OS/c1-17(2,3)24-9-13(8-19-24)20-14(25)10-23-15(21-22-16(23)26)11-4-6-12(18)7-5-11/h4-9H,10H2,1-3H3,(H,20,25)(H,22,26). The maximum atomic E-state index is 12.5. The summed E-state index contributed by atoms with van der Waals surface area (Å²) in [6, 6.07) is 7.18. The second kappa shape index (κ2) is 7.05. The Morgan fingerprint density at radius 3 is 2.62 bits per heavy atom. The fourth-order valence-corrected chi connectivity index (χ4v) is 2.70. The number of anilines is 1. The molecule has 136 valence electrons. The molecule has 0 bridgehead atoms. The molecule has 1 aromatic carbocycles. The van der Waals surface area contributed by atoms with Gasteiger partial charge in [0.05, 0.1) is 17.4 Å². The zero-order chi connectivity index (χ0) is 18.9. The molecule has 2 N–H and O–H groups in total. The quantitative estimate of drug-likeness (QED) is 0.663. The Morgan fingerprint density at radius 2 is 2.00 bits per heavy atom. The van der Waals surface area contributed by atoms with Crippen molar-refractivity contribution in [2.45, 2.75) is 32.9 Å². The number of aromatic nitrogens is 5. The van der Waals surface area contributed by atoms with Gasteiger partial charge in [0, 0.05) is 16.8 Å². The summed E-state index contributed by atoms with van der Waals surface area (Å²) in [7, 11) is 0. The van der Waals surface area contributed by atoms with Crippen molar-refractivity contribution in [2.24, 2.45) is 0 Å². The van der Waals surface area contributed by atoms with Gasteiger partial charge in [0.15, 0.2) is 10.6 Å². The van der Waals surface area contributed by atoms with Gasteiger partial charge < -0.3 is 5.32 Å². The van der Waals surface area contributed by atoms with E-state index in [1.54, 1.807) is 33.8 Å². The van der Waals surface area contributed by atoms with E-state index in [1.165, 1.54) is 0 Å². The van der Waals surface area contributed by atoms with Crippen LogP contribution in [-0.2, 0) is 16.9 Å². The Hall–Kier alpha value is -2.45. The average molecular weight is 391 g/mol. The van der Waals surface area contributed by atoms with E-state index in [4.69, 9.17) is 23.8 Å². The number of aromatic amines is 1. The minimum Gasteiger partial charge on any atom is -0.322 e. The molecule has 0 spiro atoms. The number of hydrogen-bond acceptors (Lipinski definition) is 4. The van der Waals surface area contributed by atoms with E-state index in [0.717, 1.165) is 5.56 Å².